The van der Waals surface area contributed by atoms with Crippen LogP contribution in [0.3, 0.4) is 0 Å². The molecule has 0 spiro atoms. The van der Waals surface area contributed by atoms with E-state index in [9.17, 15) is 14.7 Å². The van der Waals surface area contributed by atoms with E-state index in [1.54, 1.807) is 16.8 Å². The summed E-state index contributed by atoms with van der Waals surface area (Å²) in [4.78, 5) is 41.6. The van der Waals surface area contributed by atoms with Gasteiger partial charge in [0, 0.05) is 25.4 Å². The Hall–Kier alpha value is -5.61. The van der Waals surface area contributed by atoms with Crippen LogP contribution in [0.2, 0.25) is 0 Å². The Bertz CT molecular complexity index is 1790. The number of aromatic nitrogens is 6. The van der Waals surface area contributed by atoms with E-state index in [-0.39, 0.29) is 25.5 Å². The number of aliphatic hydroxyl groups excluding tert-OH is 1. The smallest absolute Gasteiger partial charge is 0.293 e. The normalized spacial score (nSPS) is 19.5. The van der Waals surface area contributed by atoms with Gasteiger partial charge in [-0.15, -0.1) is 0 Å². The van der Waals surface area contributed by atoms with Crippen LogP contribution in [-0.2, 0) is 36.6 Å². The highest BCUT2D eigenvalue weighted by molar-refractivity contribution is 5.84. The molecular weight excluding hydrogens is 622 g/mol. The molecule has 1 fully saturated rings. The highest BCUT2D eigenvalue weighted by Gasteiger charge is 2.51. The third kappa shape index (κ3) is 7.19. The zero-order valence-corrected chi connectivity index (χ0v) is 26.0. The fourth-order valence-electron chi connectivity index (χ4n) is 5.51. The first-order valence-electron chi connectivity index (χ1n) is 15.5. The van der Waals surface area contributed by atoms with Crippen LogP contribution in [0, 0.1) is 0 Å². The molecule has 0 unspecified atom stereocenters. The topological polar surface area (TPSA) is 201 Å². The number of aryl methyl sites for hydroxylation is 1. The number of imidazole rings is 1. The van der Waals surface area contributed by atoms with E-state index in [0.29, 0.717) is 54.4 Å². The number of benzene rings is 1. The van der Waals surface area contributed by atoms with E-state index in [4.69, 9.17) is 28.7 Å². The number of hydrogen-bond donors (Lipinski definition) is 4. The first-order valence-corrected chi connectivity index (χ1v) is 15.5. The average Bonchev–Trinajstić information content (AvgIpc) is 3.85. The number of anilines is 3. The summed E-state index contributed by atoms with van der Waals surface area (Å²) in [6, 6.07) is 16.6. The van der Waals surface area contributed by atoms with Gasteiger partial charge in [0.05, 0.1) is 24.7 Å². The predicted molar refractivity (Wildman–Crippen MR) is 172 cm³/mol. The quantitative estimate of drug-likeness (QED) is 0.0839. The van der Waals surface area contributed by atoms with Crippen molar-refractivity contribution >= 4 is 41.7 Å². The molecule has 0 radical (unpaired) electrons. The molecule has 5 heterocycles. The third-order valence-corrected chi connectivity index (χ3v) is 7.80. The fourth-order valence-corrected chi connectivity index (χ4v) is 5.51. The van der Waals surface area contributed by atoms with Gasteiger partial charge in [-0.1, -0.05) is 48.5 Å². The number of fused-ring (bicyclic) bond motifs is 1. The second-order valence-electron chi connectivity index (χ2n) is 10.9. The average molecular weight is 658 g/mol. The van der Waals surface area contributed by atoms with Gasteiger partial charge >= 0.3 is 0 Å². The lowest BCUT2D eigenvalue weighted by Crippen LogP contribution is -2.34. The molecule has 0 amide bonds. The van der Waals surface area contributed by atoms with Gasteiger partial charge in [-0.25, -0.2) is 9.97 Å². The minimum absolute atomic E-state index is 0.178. The number of pyridine rings is 1. The lowest BCUT2D eigenvalue weighted by Gasteiger charge is -2.21. The molecular formula is C32H35N9O7. The van der Waals surface area contributed by atoms with Gasteiger partial charge in [0.15, 0.2) is 47.3 Å². The number of ether oxygens (including phenoxy) is 3. The maximum Gasteiger partial charge on any atom is 0.293 e. The molecule has 16 nitrogen and oxygen atoms in total. The molecule has 0 bridgehead atoms. The Labute approximate surface area is 274 Å². The largest absolute Gasteiger partial charge is 0.457 e. The number of nitrogens with one attached hydrogen (secondary N) is 3. The Morgan fingerprint density at radius 2 is 1.79 bits per heavy atom. The summed E-state index contributed by atoms with van der Waals surface area (Å²) in [7, 11) is 0. The monoisotopic (exact) mass is 657 g/mol. The van der Waals surface area contributed by atoms with E-state index in [2.05, 4.69) is 31.1 Å². The summed E-state index contributed by atoms with van der Waals surface area (Å²) >= 11 is 0. The molecule has 1 aliphatic rings. The summed E-state index contributed by atoms with van der Waals surface area (Å²) in [5.41, 5.74) is 2.40. The van der Waals surface area contributed by atoms with E-state index >= 15 is 0 Å². The van der Waals surface area contributed by atoms with Crippen LogP contribution in [0.1, 0.15) is 36.3 Å². The van der Waals surface area contributed by atoms with Crippen molar-refractivity contribution in [2.75, 3.05) is 35.6 Å². The molecule has 0 saturated carbocycles. The molecule has 1 saturated heterocycles. The molecule has 16 heteroatoms. The number of carbonyl (C=O) groups is 2. The van der Waals surface area contributed by atoms with Crippen LogP contribution in [0.5, 0.6) is 0 Å². The fraction of sp³-hybridized carbons (Fsp3) is 0.344. The Morgan fingerprint density at radius 1 is 1.00 bits per heavy atom. The molecule has 5 aromatic rings. The second-order valence-corrected chi connectivity index (χ2v) is 10.9. The minimum Gasteiger partial charge on any atom is -0.457 e. The molecule has 4 aromatic heterocycles. The summed E-state index contributed by atoms with van der Waals surface area (Å²) in [6.45, 7) is 3.21. The van der Waals surface area contributed by atoms with E-state index in [1.165, 1.54) is 6.33 Å². The van der Waals surface area contributed by atoms with Gasteiger partial charge in [-0.2, -0.15) is 9.97 Å². The molecule has 48 heavy (non-hydrogen) atoms. The number of carbonyl (C=O) groups excluding carboxylic acids is 2. The standard InChI is InChI=1S/C32H35N9O7/c1-2-21-15-23(48-40-21)26-27(45-18-43)28(46-19-44)31(47-26)41-17-36-25-29(37-22(16-42)14-20-8-4-3-5-9-20)38-32(39-30(25)41)35-13-12-34-24-10-6-7-11-33-24/h3-11,15,17-19,22,26-28,31,42H,2,12-14,16H2,1H3,(H,33,34)(H2,35,37,38,39)/t22-,26+,27+,28+,31+/m0/s1. The summed E-state index contributed by atoms with van der Waals surface area (Å²) in [6.07, 6.45) is 0.159. The zero-order chi connectivity index (χ0) is 33.3. The molecule has 6 rings (SSSR count). The van der Waals surface area contributed by atoms with Crippen LogP contribution in [0.15, 0.2) is 71.6 Å². The highest BCUT2D eigenvalue weighted by Crippen LogP contribution is 2.43. The lowest BCUT2D eigenvalue weighted by atomic mass is 10.1. The van der Waals surface area contributed by atoms with Crippen LogP contribution < -0.4 is 16.0 Å². The maximum absolute atomic E-state index is 11.7. The minimum atomic E-state index is -1.10. The van der Waals surface area contributed by atoms with Gasteiger partial charge in [-0.05, 0) is 30.5 Å². The van der Waals surface area contributed by atoms with Gasteiger partial charge in [0.2, 0.25) is 5.95 Å². The Balaban J connectivity index is 1.34. The van der Waals surface area contributed by atoms with Crippen LogP contribution >= 0.6 is 0 Å². The third-order valence-electron chi connectivity index (χ3n) is 7.80. The number of aliphatic hydroxyl groups is 1. The van der Waals surface area contributed by atoms with Crippen molar-refractivity contribution in [3.63, 3.8) is 0 Å². The second kappa shape index (κ2) is 15.3. The van der Waals surface area contributed by atoms with Gasteiger partial charge in [0.1, 0.15) is 5.82 Å². The highest BCUT2D eigenvalue weighted by atomic mass is 16.6. The van der Waals surface area contributed by atoms with E-state index in [1.807, 2.05) is 55.5 Å². The van der Waals surface area contributed by atoms with Crippen LogP contribution in [0.4, 0.5) is 17.6 Å². The summed E-state index contributed by atoms with van der Waals surface area (Å²) < 4.78 is 24.3. The van der Waals surface area contributed by atoms with E-state index < -0.39 is 30.6 Å². The van der Waals surface area contributed by atoms with Gasteiger partial charge in [-0.3, -0.25) is 14.2 Å². The van der Waals surface area contributed by atoms with Crippen molar-refractivity contribution in [3.05, 3.63) is 84.1 Å². The van der Waals surface area contributed by atoms with Crippen LogP contribution in [-0.4, -0.2) is 85.7 Å². The van der Waals surface area contributed by atoms with E-state index in [0.717, 1.165) is 11.4 Å². The lowest BCUT2D eigenvalue weighted by molar-refractivity contribution is -0.151. The number of rotatable bonds is 17. The first kappa shape index (κ1) is 32.3. The molecule has 5 atom stereocenters. The summed E-state index contributed by atoms with van der Waals surface area (Å²) in [5.74, 6) is 1.65. The molecule has 1 aliphatic heterocycles. The van der Waals surface area contributed by atoms with Gasteiger partial charge < -0.3 is 39.8 Å². The first-order chi connectivity index (χ1) is 23.6. The van der Waals surface area contributed by atoms with Gasteiger partial charge in [0.25, 0.3) is 12.9 Å². The SMILES string of the molecule is CCc1cc([C@H]2O[C@@H](n3cnc4c(N[C@H](CO)Cc5ccccc5)nc(NCCNc5ccccn5)nc43)[C@H](OC=O)[C@@H]2OC=O)on1. The van der Waals surface area contributed by atoms with Crippen molar-refractivity contribution in [1.82, 2.24) is 29.7 Å². The molecule has 250 valence electrons. The van der Waals surface area contributed by atoms with Crippen LogP contribution in [0.25, 0.3) is 11.2 Å². The number of hydrogen-bond acceptors (Lipinski definition) is 15. The summed E-state index contributed by atoms with van der Waals surface area (Å²) in [5, 5.41) is 24.1. The zero-order valence-electron chi connectivity index (χ0n) is 26.0. The van der Waals surface area contributed by atoms with Crippen molar-refractivity contribution < 1.29 is 33.4 Å². The van der Waals surface area contributed by atoms with Crippen molar-refractivity contribution in [3.8, 4) is 0 Å². The van der Waals surface area contributed by atoms with Crippen molar-refractivity contribution in [2.24, 2.45) is 0 Å². The Morgan fingerprint density at radius 3 is 2.52 bits per heavy atom. The molecule has 1 aromatic carbocycles. The van der Waals surface area contributed by atoms with Crippen molar-refractivity contribution in [2.45, 2.75) is 50.3 Å². The number of nitrogens with zero attached hydrogens (tertiary/aromatic N) is 6. The maximum atomic E-state index is 11.7. The van der Waals surface area contributed by atoms with Crippen molar-refractivity contribution in [1.29, 1.82) is 0 Å². The Kier molecular flexibility index (Phi) is 10.3. The predicted octanol–water partition coefficient (Wildman–Crippen LogP) is 2.66. The molecule has 0 aliphatic carbocycles. The molecule has 4 N–H and O–H groups in total.